The summed E-state index contributed by atoms with van der Waals surface area (Å²) in [4.78, 5) is 0. The predicted molar refractivity (Wildman–Crippen MR) is 65.5 cm³/mol. The molecular weight excluding hydrogens is 231 g/mol. The van der Waals surface area contributed by atoms with E-state index in [0.717, 1.165) is 5.56 Å². The van der Waals surface area contributed by atoms with E-state index in [2.05, 4.69) is 0 Å². The van der Waals surface area contributed by atoms with Gasteiger partial charge in [-0.1, -0.05) is 18.2 Å². The lowest BCUT2D eigenvalue weighted by atomic mass is 10.2. The Hall–Kier alpha value is -2.38. The maximum atomic E-state index is 13.4. The summed E-state index contributed by atoms with van der Waals surface area (Å²) < 4.78 is 18.9. The van der Waals surface area contributed by atoms with Gasteiger partial charge < -0.3 is 10.5 Å². The Balaban J connectivity index is 2.34. The standard InChI is InChI=1S/C14H11FN2O/c15-13-5-2-6-14(12(13)9-17)18-11-4-1-3-10(7-11)8-16/h1-7H,8,16H2. The largest absolute Gasteiger partial charge is 0.456 e. The molecule has 3 nitrogen and oxygen atoms in total. The van der Waals surface area contributed by atoms with Crippen LogP contribution in [0.4, 0.5) is 4.39 Å². The number of benzene rings is 2. The van der Waals surface area contributed by atoms with Crippen molar-refractivity contribution in [2.24, 2.45) is 5.73 Å². The van der Waals surface area contributed by atoms with Gasteiger partial charge in [0.2, 0.25) is 0 Å². The fourth-order valence-electron chi connectivity index (χ4n) is 1.56. The average molecular weight is 242 g/mol. The van der Waals surface area contributed by atoms with Crippen molar-refractivity contribution in [3.05, 3.63) is 59.4 Å². The van der Waals surface area contributed by atoms with Crippen molar-refractivity contribution in [2.45, 2.75) is 6.54 Å². The van der Waals surface area contributed by atoms with Crippen LogP contribution in [0.5, 0.6) is 11.5 Å². The fraction of sp³-hybridized carbons (Fsp3) is 0.0714. The first-order chi connectivity index (χ1) is 8.74. The lowest BCUT2D eigenvalue weighted by Crippen LogP contribution is -1.97. The van der Waals surface area contributed by atoms with Crippen LogP contribution in [-0.2, 0) is 6.54 Å². The minimum Gasteiger partial charge on any atom is -0.456 e. The summed E-state index contributed by atoms with van der Waals surface area (Å²) >= 11 is 0. The molecule has 0 aliphatic rings. The van der Waals surface area contributed by atoms with Gasteiger partial charge in [0.05, 0.1) is 0 Å². The monoisotopic (exact) mass is 242 g/mol. The van der Waals surface area contributed by atoms with Crippen LogP contribution in [-0.4, -0.2) is 0 Å². The number of rotatable bonds is 3. The van der Waals surface area contributed by atoms with Crippen LogP contribution < -0.4 is 10.5 Å². The van der Waals surface area contributed by atoms with Crippen LogP contribution in [0.3, 0.4) is 0 Å². The minimum absolute atomic E-state index is 0.101. The summed E-state index contributed by atoms with van der Waals surface area (Å²) in [6.07, 6.45) is 0. The van der Waals surface area contributed by atoms with Crippen molar-refractivity contribution in [1.29, 1.82) is 5.26 Å². The van der Waals surface area contributed by atoms with E-state index in [0.29, 0.717) is 12.3 Å². The zero-order valence-corrected chi connectivity index (χ0v) is 9.56. The molecule has 0 bridgehead atoms. The van der Waals surface area contributed by atoms with Crippen LogP contribution in [0.15, 0.2) is 42.5 Å². The molecule has 0 saturated heterocycles. The molecule has 0 unspecified atom stereocenters. The van der Waals surface area contributed by atoms with E-state index in [1.807, 2.05) is 6.07 Å². The maximum Gasteiger partial charge on any atom is 0.148 e. The first-order valence-electron chi connectivity index (χ1n) is 5.40. The Kier molecular flexibility index (Phi) is 3.56. The molecule has 0 radical (unpaired) electrons. The summed E-state index contributed by atoms with van der Waals surface area (Å²) in [5.41, 5.74) is 6.33. The van der Waals surface area contributed by atoms with Gasteiger partial charge in [-0.25, -0.2) is 4.39 Å². The summed E-state index contributed by atoms with van der Waals surface area (Å²) in [5.74, 6) is 0.136. The Morgan fingerprint density at radius 2 is 2.00 bits per heavy atom. The first kappa shape index (κ1) is 12.1. The molecule has 0 heterocycles. The van der Waals surface area contributed by atoms with E-state index in [1.54, 1.807) is 30.3 Å². The lowest BCUT2D eigenvalue weighted by molar-refractivity contribution is 0.474. The smallest absolute Gasteiger partial charge is 0.148 e. The van der Waals surface area contributed by atoms with Crippen molar-refractivity contribution in [3.63, 3.8) is 0 Å². The normalized spacial score (nSPS) is 9.83. The molecule has 4 heteroatoms. The van der Waals surface area contributed by atoms with Crippen molar-refractivity contribution < 1.29 is 9.13 Å². The molecule has 2 aromatic carbocycles. The molecular formula is C14H11FN2O. The van der Waals surface area contributed by atoms with E-state index in [4.69, 9.17) is 15.7 Å². The highest BCUT2D eigenvalue weighted by molar-refractivity contribution is 5.46. The molecule has 0 atom stereocenters. The minimum atomic E-state index is -0.593. The molecule has 18 heavy (non-hydrogen) atoms. The van der Waals surface area contributed by atoms with E-state index in [1.165, 1.54) is 12.1 Å². The fourth-order valence-corrected chi connectivity index (χ4v) is 1.56. The average Bonchev–Trinajstić information content (AvgIpc) is 2.39. The summed E-state index contributed by atoms with van der Waals surface area (Å²) in [6.45, 7) is 0.394. The van der Waals surface area contributed by atoms with E-state index in [-0.39, 0.29) is 11.3 Å². The molecule has 2 aromatic rings. The second-order valence-corrected chi connectivity index (χ2v) is 3.68. The van der Waals surface area contributed by atoms with Crippen molar-refractivity contribution in [3.8, 4) is 17.6 Å². The van der Waals surface area contributed by atoms with Gasteiger partial charge in [-0.05, 0) is 29.8 Å². The molecule has 2 N–H and O–H groups in total. The second kappa shape index (κ2) is 5.30. The molecule has 0 amide bonds. The van der Waals surface area contributed by atoms with Crippen molar-refractivity contribution in [1.82, 2.24) is 0 Å². The van der Waals surface area contributed by atoms with Gasteiger partial charge in [0.1, 0.15) is 28.9 Å². The second-order valence-electron chi connectivity index (χ2n) is 3.68. The van der Waals surface area contributed by atoms with Crippen LogP contribution in [0.25, 0.3) is 0 Å². The number of hydrogen-bond donors (Lipinski definition) is 1. The molecule has 90 valence electrons. The highest BCUT2D eigenvalue weighted by Crippen LogP contribution is 2.26. The van der Waals surface area contributed by atoms with Gasteiger partial charge in [0.15, 0.2) is 0 Å². The number of hydrogen-bond acceptors (Lipinski definition) is 3. The number of ether oxygens (including phenoxy) is 1. The van der Waals surface area contributed by atoms with E-state index < -0.39 is 5.82 Å². The highest BCUT2D eigenvalue weighted by atomic mass is 19.1. The maximum absolute atomic E-state index is 13.4. The van der Waals surface area contributed by atoms with Gasteiger partial charge in [-0.3, -0.25) is 0 Å². The number of halogens is 1. The topological polar surface area (TPSA) is 59.0 Å². The lowest BCUT2D eigenvalue weighted by Gasteiger charge is -2.08. The Labute approximate surface area is 104 Å². The molecule has 0 aromatic heterocycles. The van der Waals surface area contributed by atoms with Crippen LogP contribution in [0, 0.1) is 17.1 Å². The van der Waals surface area contributed by atoms with Gasteiger partial charge in [-0.2, -0.15) is 5.26 Å². The zero-order chi connectivity index (χ0) is 13.0. The first-order valence-corrected chi connectivity index (χ1v) is 5.40. The third kappa shape index (κ3) is 2.47. The number of nitrogens with two attached hydrogens (primary N) is 1. The zero-order valence-electron chi connectivity index (χ0n) is 9.56. The SMILES string of the molecule is N#Cc1c(F)cccc1Oc1cccc(CN)c1. The molecule has 0 aliphatic heterocycles. The van der Waals surface area contributed by atoms with Gasteiger partial charge in [-0.15, -0.1) is 0 Å². The molecule has 0 fully saturated rings. The number of nitriles is 1. The van der Waals surface area contributed by atoms with Crippen LogP contribution in [0.2, 0.25) is 0 Å². The molecule has 0 spiro atoms. The van der Waals surface area contributed by atoms with E-state index >= 15 is 0 Å². The van der Waals surface area contributed by atoms with Crippen molar-refractivity contribution in [2.75, 3.05) is 0 Å². The quantitative estimate of drug-likeness (QED) is 0.900. The third-order valence-electron chi connectivity index (χ3n) is 2.45. The van der Waals surface area contributed by atoms with Crippen molar-refractivity contribution >= 4 is 0 Å². The molecule has 2 rings (SSSR count). The Morgan fingerprint density at radius 3 is 2.72 bits per heavy atom. The Morgan fingerprint density at radius 1 is 1.22 bits per heavy atom. The van der Waals surface area contributed by atoms with Crippen LogP contribution >= 0.6 is 0 Å². The molecule has 0 aliphatic carbocycles. The summed E-state index contributed by atoms with van der Waals surface area (Å²) in [7, 11) is 0. The summed E-state index contributed by atoms with van der Waals surface area (Å²) in [5, 5.41) is 8.89. The number of nitrogens with zero attached hydrogens (tertiary/aromatic N) is 1. The third-order valence-corrected chi connectivity index (χ3v) is 2.45. The molecule has 0 saturated carbocycles. The highest BCUT2D eigenvalue weighted by Gasteiger charge is 2.09. The van der Waals surface area contributed by atoms with E-state index in [9.17, 15) is 4.39 Å². The van der Waals surface area contributed by atoms with Gasteiger partial charge in [0.25, 0.3) is 0 Å². The Bertz CT molecular complexity index is 605. The summed E-state index contributed by atoms with van der Waals surface area (Å²) in [6, 6.07) is 13.2. The van der Waals surface area contributed by atoms with Gasteiger partial charge in [0, 0.05) is 6.54 Å². The van der Waals surface area contributed by atoms with Crippen LogP contribution in [0.1, 0.15) is 11.1 Å². The van der Waals surface area contributed by atoms with Gasteiger partial charge >= 0.3 is 0 Å². The predicted octanol–water partition coefficient (Wildman–Crippen LogP) is 2.95.